The van der Waals surface area contributed by atoms with Crippen molar-refractivity contribution in [3.05, 3.63) is 79.0 Å². The van der Waals surface area contributed by atoms with Crippen LogP contribution in [-0.2, 0) is 0 Å². The molecule has 0 fully saturated rings. The third-order valence-electron chi connectivity index (χ3n) is 3.83. The molecule has 2 aromatic heterocycles. The van der Waals surface area contributed by atoms with Crippen molar-refractivity contribution in [3.63, 3.8) is 0 Å². The molecule has 0 radical (unpaired) electrons. The van der Waals surface area contributed by atoms with Crippen LogP contribution in [0.5, 0.6) is 0 Å². The average molecular weight is 398 g/mol. The third kappa shape index (κ3) is 2.48. The summed E-state index contributed by atoms with van der Waals surface area (Å²) in [4.78, 5) is 13.5. The second-order valence-corrected chi connectivity index (χ2v) is 7.26. The minimum Gasteiger partial charge on any atom is -0.267 e. The van der Waals surface area contributed by atoms with Gasteiger partial charge in [-0.2, -0.15) is 0 Å². The molecule has 118 valence electrons. The quantitative estimate of drug-likeness (QED) is 0.520. The highest BCUT2D eigenvalue weighted by atomic mass is 79.9. The fraction of sp³-hybridized carbons (Fsp3) is 0.0556. The van der Waals surface area contributed by atoms with Gasteiger partial charge in [0.2, 0.25) is 4.96 Å². The topological polar surface area (TPSA) is 47.3 Å². The van der Waals surface area contributed by atoms with E-state index in [0.29, 0.717) is 15.3 Å². The minimum absolute atomic E-state index is 0.0889. The Hall–Kier alpha value is -2.31. The molecule has 4 aromatic rings. The Morgan fingerprint density at radius 3 is 2.62 bits per heavy atom. The lowest BCUT2D eigenvalue weighted by atomic mass is 10.1. The van der Waals surface area contributed by atoms with Gasteiger partial charge in [-0.3, -0.25) is 4.79 Å². The van der Waals surface area contributed by atoms with Crippen molar-refractivity contribution < 1.29 is 0 Å². The van der Waals surface area contributed by atoms with E-state index < -0.39 is 0 Å². The molecular weight excluding hydrogens is 386 g/mol. The third-order valence-corrected chi connectivity index (χ3v) is 5.51. The van der Waals surface area contributed by atoms with Gasteiger partial charge in [0.15, 0.2) is 5.82 Å². The van der Waals surface area contributed by atoms with E-state index in [0.717, 1.165) is 21.2 Å². The summed E-state index contributed by atoms with van der Waals surface area (Å²) < 4.78 is 3.18. The van der Waals surface area contributed by atoms with Crippen LogP contribution >= 0.6 is 27.3 Å². The van der Waals surface area contributed by atoms with Crippen molar-refractivity contribution in [2.24, 2.45) is 0 Å². The van der Waals surface area contributed by atoms with E-state index in [1.165, 1.54) is 11.3 Å². The summed E-state index contributed by atoms with van der Waals surface area (Å²) in [5, 5.41) is 8.39. The molecule has 0 spiro atoms. The summed E-state index contributed by atoms with van der Waals surface area (Å²) in [7, 11) is 0. The van der Waals surface area contributed by atoms with Crippen molar-refractivity contribution in [2.45, 2.75) is 6.92 Å². The largest absolute Gasteiger partial charge is 0.276 e. The van der Waals surface area contributed by atoms with Gasteiger partial charge < -0.3 is 0 Å². The fourth-order valence-electron chi connectivity index (χ4n) is 2.59. The van der Waals surface area contributed by atoms with Crippen LogP contribution in [0, 0.1) is 6.92 Å². The summed E-state index contributed by atoms with van der Waals surface area (Å²) in [6.07, 6.45) is 1.88. The maximum absolute atomic E-state index is 12.9. The van der Waals surface area contributed by atoms with Gasteiger partial charge in [0, 0.05) is 10.0 Å². The SMILES string of the molecule is Cc1ccccc1-c1nnc2sc(=Cc3ccccc3Br)c(=O)n12. The Bertz CT molecular complexity index is 1160. The van der Waals surface area contributed by atoms with E-state index in [9.17, 15) is 4.79 Å². The molecule has 0 amide bonds. The molecular formula is C18H12BrN3OS. The van der Waals surface area contributed by atoms with Gasteiger partial charge in [0.25, 0.3) is 5.56 Å². The monoisotopic (exact) mass is 397 g/mol. The van der Waals surface area contributed by atoms with Crippen LogP contribution in [0.2, 0.25) is 0 Å². The van der Waals surface area contributed by atoms with E-state index in [2.05, 4.69) is 26.1 Å². The predicted molar refractivity (Wildman–Crippen MR) is 100 cm³/mol. The maximum Gasteiger partial charge on any atom is 0.276 e. The molecule has 24 heavy (non-hydrogen) atoms. The Kier molecular flexibility index (Phi) is 3.78. The summed E-state index contributed by atoms with van der Waals surface area (Å²) in [5.41, 5.74) is 2.86. The fourth-order valence-corrected chi connectivity index (χ4v) is 3.90. The minimum atomic E-state index is -0.0889. The molecule has 0 aliphatic carbocycles. The highest BCUT2D eigenvalue weighted by Gasteiger charge is 2.15. The normalized spacial score (nSPS) is 12.2. The van der Waals surface area contributed by atoms with Crippen LogP contribution in [-0.4, -0.2) is 14.6 Å². The lowest BCUT2D eigenvalue weighted by Gasteiger charge is -2.01. The number of rotatable bonds is 2. The Morgan fingerprint density at radius 1 is 1.08 bits per heavy atom. The molecule has 0 aliphatic rings. The Labute approximate surface area is 150 Å². The van der Waals surface area contributed by atoms with Crippen LogP contribution in [0.1, 0.15) is 11.1 Å². The van der Waals surface area contributed by atoms with Crippen LogP contribution in [0.3, 0.4) is 0 Å². The summed E-state index contributed by atoms with van der Waals surface area (Å²) >= 11 is 4.86. The van der Waals surface area contributed by atoms with Gasteiger partial charge in [-0.1, -0.05) is 69.7 Å². The molecule has 4 rings (SSSR count). The zero-order chi connectivity index (χ0) is 16.7. The van der Waals surface area contributed by atoms with Crippen LogP contribution in [0.25, 0.3) is 22.4 Å². The van der Waals surface area contributed by atoms with E-state index in [1.54, 1.807) is 4.40 Å². The smallest absolute Gasteiger partial charge is 0.267 e. The predicted octanol–water partition coefficient (Wildman–Crippen LogP) is 3.44. The summed E-state index contributed by atoms with van der Waals surface area (Å²) in [5.74, 6) is 0.594. The number of benzene rings is 2. The van der Waals surface area contributed by atoms with E-state index in [4.69, 9.17) is 0 Å². The Morgan fingerprint density at radius 2 is 1.83 bits per heavy atom. The summed E-state index contributed by atoms with van der Waals surface area (Å²) in [6, 6.07) is 15.7. The van der Waals surface area contributed by atoms with E-state index >= 15 is 0 Å². The first-order valence-electron chi connectivity index (χ1n) is 7.35. The standard InChI is InChI=1S/C18H12BrN3OS/c1-11-6-2-4-8-13(11)16-20-21-18-22(16)17(23)15(24-18)10-12-7-3-5-9-14(12)19/h2-10H,1H3. The molecule has 0 unspecified atom stereocenters. The zero-order valence-electron chi connectivity index (χ0n) is 12.7. The van der Waals surface area contributed by atoms with Gasteiger partial charge in [-0.25, -0.2) is 4.40 Å². The Balaban J connectivity index is 1.97. The van der Waals surface area contributed by atoms with E-state index in [-0.39, 0.29) is 5.56 Å². The average Bonchev–Trinajstić information content (AvgIpc) is 3.11. The molecule has 0 aliphatic heterocycles. The zero-order valence-corrected chi connectivity index (χ0v) is 15.1. The molecule has 0 saturated heterocycles. The number of hydrogen-bond donors (Lipinski definition) is 0. The second kappa shape index (κ2) is 5.96. The van der Waals surface area contributed by atoms with Crippen molar-refractivity contribution in [1.29, 1.82) is 0 Å². The van der Waals surface area contributed by atoms with Gasteiger partial charge >= 0.3 is 0 Å². The van der Waals surface area contributed by atoms with Crippen LogP contribution < -0.4 is 10.1 Å². The first-order valence-corrected chi connectivity index (χ1v) is 8.96. The molecule has 0 bridgehead atoms. The maximum atomic E-state index is 12.9. The second-order valence-electron chi connectivity index (χ2n) is 5.39. The van der Waals surface area contributed by atoms with Gasteiger partial charge in [-0.15, -0.1) is 10.2 Å². The number of thiazole rings is 1. The van der Waals surface area contributed by atoms with Crippen molar-refractivity contribution in [2.75, 3.05) is 0 Å². The molecule has 4 nitrogen and oxygen atoms in total. The van der Waals surface area contributed by atoms with E-state index in [1.807, 2.05) is 61.5 Å². The molecule has 0 N–H and O–H groups in total. The highest BCUT2D eigenvalue weighted by Crippen LogP contribution is 2.21. The number of aryl methyl sites for hydroxylation is 1. The molecule has 2 aromatic carbocycles. The van der Waals surface area contributed by atoms with Gasteiger partial charge in [0.05, 0.1) is 4.53 Å². The lowest BCUT2D eigenvalue weighted by molar-refractivity contribution is 1.09. The molecule has 0 saturated carbocycles. The van der Waals surface area contributed by atoms with Crippen molar-refractivity contribution >= 4 is 38.3 Å². The number of halogens is 1. The number of fused-ring (bicyclic) bond motifs is 1. The lowest BCUT2D eigenvalue weighted by Crippen LogP contribution is -2.23. The first kappa shape index (κ1) is 15.2. The number of aromatic nitrogens is 3. The van der Waals surface area contributed by atoms with Gasteiger partial charge in [-0.05, 0) is 30.2 Å². The first-order chi connectivity index (χ1) is 11.6. The summed E-state index contributed by atoms with van der Waals surface area (Å²) in [6.45, 7) is 2.00. The van der Waals surface area contributed by atoms with Crippen molar-refractivity contribution in [3.8, 4) is 11.4 Å². The van der Waals surface area contributed by atoms with Crippen molar-refractivity contribution in [1.82, 2.24) is 14.6 Å². The van der Waals surface area contributed by atoms with Crippen LogP contribution in [0.15, 0.2) is 57.8 Å². The highest BCUT2D eigenvalue weighted by molar-refractivity contribution is 9.10. The molecule has 0 atom stereocenters. The molecule has 6 heteroatoms. The van der Waals surface area contributed by atoms with Crippen LogP contribution in [0.4, 0.5) is 0 Å². The molecule has 2 heterocycles. The van der Waals surface area contributed by atoms with Gasteiger partial charge in [0.1, 0.15) is 0 Å². The number of nitrogens with zero attached hydrogens (tertiary/aromatic N) is 3. The number of hydrogen-bond acceptors (Lipinski definition) is 4.